The molecule has 140 valence electrons. The first-order valence-corrected chi connectivity index (χ1v) is 9.66. The molecule has 0 unspecified atom stereocenters. The third-order valence-electron chi connectivity index (χ3n) is 5.17. The molecule has 0 radical (unpaired) electrons. The van der Waals surface area contributed by atoms with Gasteiger partial charge in [-0.1, -0.05) is 47.5 Å². The summed E-state index contributed by atoms with van der Waals surface area (Å²) in [7, 11) is 0. The molecule has 7 heteroatoms. The van der Waals surface area contributed by atoms with Crippen molar-refractivity contribution in [2.24, 2.45) is 0 Å². The largest absolute Gasteiger partial charge is 0.369 e. The Labute approximate surface area is 168 Å². The summed E-state index contributed by atoms with van der Waals surface area (Å²) in [6, 6.07) is 14.8. The summed E-state index contributed by atoms with van der Waals surface area (Å²) in [6.07, 6.45) is 0.174. The lowest BCUT2D eigenvalue weighted by Crippen LogP contribution is -2.52. The fourth-order valence-electron chi connectivity index (χ4n) is 3.75. The maximum absolute atomic E-state index is 13.0. The molecule has 1 atom stereocenters. The number of para-hydroxylation sites is 1. The highest BCUT2D eigenvalue weighted by molar-refractivity contribution is 6.44. The minimum absolute atomic E-state index is 0.174. The van der Waals surface area contributed by atoms with Gasteiger partial charge in [-0.2, -0.15) is 0 Å². The highest BCUT2D eigenvalue weighted by Crippen LogP contribution is 2.36. The summed E-state index contributed by atoms with van der Waals surface area (Å²) >= 11 is 12.3. The Balaban J connectivity index is 1.48. The van der Waals surface area contributed by atoms with Gasteiger partial charge in [-0.15, -0.1) is 0 Å². The van der Waals surface area contributed by atoms with Crippen LogP contribution < -0.4 is 9.80 Å². The van der Waals surface area contributed by atoms with Crippen molar-refractivity contribution in [3.8, 4) is 0 Å². The van der Waals surface area contributed by atoms with E-state index < -0.39 is 6.04 Å². The summed E-state index contributed by atoms with van der Waals surface area (Å²) in [6.45, 7) is 3.10. The van der Waals surface area contributed by atoms with Gasteiger partial charge in [0.2, 0.25) is 5.91 Å². The number of rotatable bonds is 3. The lowest BCUT2D eigenvalue weighted by molar-refractivity contribution is -0.123. The van der Waals surface area contributed by atoms with E-state index in [1.54, 1.807) is 18.2 Å². The third-order valence-corrected chi connectivity index (χ3v) is 5.98. The molecule has 0 aromatic heterocycles. The van der Waals surface area contributed by atoms with Crippen molar-refractivity contribution in [3.05, 3.63) is 58.6 Å². The lowest BCUT2D eigenvalue weighted by Gasteiger charge is -2.38. The molecule has 0 aliphatic carbocycles. The van der Waals surface area contributed by atoms with E-state index in [1.807, 2.05) is 18.2 Å². The molecule has 2 aromatic carbocycles. The zero-order valence-corrected chi connectivity index (χ0v) is 16.2. The summed E-state index contributed by atoms with van der Waals surface area (Å²) in [5.41, 5.74) is 1.54. The number of hydrogen-bond acceptors (Lipinski definition) is 4. The van der Waals surface area contributed by atoms with Gasteiger partial charge in [0.1, 0.15) is 0 Å². The van der Waals surface area contributed by atoms with E-state index in [1.165, 1.54) is 10.6 Å². The first kappa shape index (κ1) is 18.3. The molecule has 2 aromatic rings. The van der Waals surface area contributed by atoms with Crippen molar-refractivity contribution in [1.29, 1.82) is 0 Å². The fourth-order valence-corrected chi connectivity index (χ4v) is 4.13. The molecular weight excluding hydrogens is 385 g/mol. The van der Waals surface area contributed by atoms with Crippen LogP contribution in [-0.2, 0) is 9.59 Å². The van der Waals surface area contributed by atoms with E-state index in [0.717, 1.165) is 26.2 Å². The monoisotopic (exact) mass is 403 g/mol. The first-order valence-electron chi connectivity index (χ1n) is 8.91. The molecule has 2 aliphatic rings. The minimum Gasteiger partial charge on any atom is -0.369 e. The molecule has 27 heavy (non-hydrogen) atoms. The minimum atomic E-state index is -0.439. The highest BCUT2D eigenvalue weighted by atomic mass is 35.5. The van der Waals surface area contributed by atoms with Gasteiger partial charge in [0.15, 0.2) is 0 Å². The number of piperazine rings is 1. The van der Waals surface area contributed by atoms with Gasteiger partial charge in [-0.25, -0.2) is 4.90 Å². The Morgan fingerprint density at radius 2 is 1.56 bits per heavy atom. The smallest absolute Gasteiger partial charge is 0.251 e. The fraction of sp³-hybridized carbons (Fsp3) is 0.300. The SMILES string of the molecule is O=C1C[C@@H](N2CCN(c3ccccc3)CC2)C(=O)N1c1cccc(Cl)c1Cl. The number of nitrogens with zero attached hydrogens (tertiary/aromatic N) is 3. The van der Waals surface area contributed by atoms with Crippen molar-refractivity contribution in [2.45, 2.75) is 12.5 Å². The third kappa shape index (κ3) is 3.43. The van der Waals surface area contributed by atoms with E-state index >= 15 is 0 Å². The predicted octanol–water partition coefficient (Wildman–Crippen LogP) is 3.45. The molecule has 5 nitrogen and oxygen atoms in total. The zero-order chi connectivity index (χ0) is 19.0. The van der Waals surface area contributed by atoms with Crippen LogP contribution in [0.25, 0.3) is 0 Å². The van der Waals surface area contributed by atoms with Crippen LogP contribution in [0.5, 0.6) is 0 Å². The molecule has 4 rings (SSSR count). The molecule has 2 saturated heterocycles. The number of halogens is 2. The van der Waals surface area contributed by atoms with Crippen LogP contribution in [0.4, 0.5) is 11.4 Å². The Bertz CT molecular complexity index is 867. The molecule has 2 heterocycles. The summed E-state index contributed by atoms with van der Waals surface area (Å²) in [5.74, 6) is -0.461. The van der Waals surface area contributed by atoms with E-state index in [0.29, 0.717) is 10.7 Å². The summed E-state index contributed by atoms with van der Waals surface area (Å²) in [4.78, 5) is 31.1. The number of carbonyl (C=O) groups is 2. The standard InChI is InChI=1S/C20H19Cl2N3O2/c21-15-7-4-8-16(19(15)22)25-18(26)13-17(20(25)27)24-11-9-23(10-12-24)14-5-2-1-3-6-14/h1-8,17H,9-13H2/t17-/m1/s1. The molecule has 0 bridgehead atoms. The quantitative estimate of drug-likeness (QED) is 0.736. The van der Waals surface area contributed by atoms with Gasteiger partial charge in [-0.05, 0) is 24.3 Å². The van der Waals surface area contributed by atoms with Crippen molar-refractivity contribution in [2.75, 3.05) is 36.0 Å². The van der Waals surface area contributed by atoms with Crippen molar-refractivity contribution >= 4 is 46.4 Å². The van der Waals surface area contributed by atoms with Gasteiger partial charge in [0, 0.05) is 31.9 Å². The average Bonchev–Trinajstić information content (AvgIpc) is 2.99. The van der Waals surface area contributed by atoms with Crippen molar-refractivity contribution in [3.63, 3.8) is 0 Å². The second-order valence-corrected chi connectivity index (χ2v) is 7.50. The van der Waals surface area contributed by atoms with E-state index in [-0.39, 0.29) is 23.3 Å². The van der Waals surface area contributed by atoms with E-state index in [2.05, 4.69) is 21.9 Å². The molecule has 0 saturated carbocycles. The van der Waals surface area contributed by atoms with Gasteiger partial charge >= 0.3 is 0 Å². The van der Waals surface area contributed by atoms with Crippen LogP contribution >= 0.6 is 23.2 Å². The van der Waals surface area contributed by atoms with Crippen LogP contribution in [0.2, 0.25) is 10.0 Å². The maximum atomic E-state index is 13.0. The molecular formula is C20H19Cl2N3O2. The first-order chi connectivity index (χ1) is 13.1. The number of amides is 2. The van der Waals surface area contributed by atoms with Gasteiger partial charge < -0.3 is 4.90 Å². The number of benzene rings is 2. The van der Waals surface area contributed by atoms with Gasteiger partial charge in [0.05, 0.1) is 28.2 Å². The molecule has 0 N–H and O–H groups in total. The van der Waals surface area contributed by atoms with Crippen molar-refractivity contribution < 1.29 is 9.59 Å². The van der Waals surface area contributed by atoms with E-state index in [9.17, 15) is 9.59 Å². The van der Waals surface area contributed by atoms with E-state index in [4.69, 9.17) is 23.2 Å². The molecule has 2 amide bonds. The highest BCUT2D eigenvalue weighted by Gasteiger charge is 2.44. The second kappa shape index (κ2) is 7.50. The lowest BCUT2D eigenvalue weighted by atomic mass is 10.1. The Morgan fingerprint density at radius 3 is 2.26 bits per heavy atom. The van der Waals surface area contributed by atoms with Crippen LogP contribution in [-0.4, -0.2) is 48.9 Å². The zero-order valence-electron chi connectivity index (χ0n) is 14.6. The maximum Gasteiger partial charge on any atom is 0.251 e. The van der Waals surface area contributed by atoms with Crippen LogP contribution in [0.15, 0.2) is 48.5 Å². The van der Waals surface area contributed by atoms with Crippen molar-refractivity contribution in [1.82, 2.24) is 4.90 Å². The number of hydrogen-bond donors (Lipinski definition) is 0. The molecule has 2 aliphatic heterocycles. The molecule has 2 fully saturated rings. The number of imide groups is 1. The van der Waals surface area contributed by atoms with Crippen LogP contribution in [0.3, 0.4) is 0 Å². The second-order valence-electron chi connectivity index (χ2n) is 6.72. The molecule has 0 spiro atoms. The van der Waals surface area contributed by atoms with Gasteiger partial charge in [-0.3, -0.25) is 14.5 Å². The van der Waals surface area contributed by atoms with Gasteiger partial charge in [0.25, 0.3) is 5.91 Å². The predicted molar refractivity (Wildman–Crippen MR) is 108 cm³/mol. The Kier molecular flexibility index (Phi) is 5.08. The van der Waals surface area contributed by atoms with Crippen LogP contribution in [0, 0.1) is 0 Å². The van der Waals surface area contributed by atoms with Crippen LogP contribution in [0.1, 0.15) is 6.42 Å². The average molecular weight is 404 g/mol. The normalized spacial score (nSPS) is 21.2. The Hall–Kier alpha value is -2.08. The topological polar surface area (TPSA) is 43.9 Å². The summed E-state index contributed by atoms with van der Waals surface area (Å²) in [5, 5.41) is 0.560. The number of anilines is 2. The Morgan fingerprint density at radius 1 is 0.852 bits per heavy atom. The number of carbonyl (C=O) groups excluding carboxylic acids is 2. The summed E-state index contributed by atoms with van der Waals surface area (Å²) < 4.78 is 0.